The van der Waals surface area contributed by atoms with Crippen molar-refractivity contribution in [1.29, 1.82) is 0 Å². The number of nitrogens with two attached hydrogens (primary N) is 1. The molecule has 5 heteroatoms. The lowest BCUT2D eigenvalue weighted by molar-refractivity contribution is 0.0763. The molecule has 0 unspecified atom stereocenters. The summed E-state index contributed by atoms with van der Waals surface area (Å²) in [5.41, 5.74) is 5.41. The van der Waals surface area contributed by atoms with E-state index in [2.05, 4.69) is 4.98 Å². The van der Waals surface area contributed by atoms with E-state index in [1.54, 1.807) is 17.0 Å². The van der Waals surface area contributed by atoms with Crippen LogP contribution in [0.4, 0.5) is 0 Å². The van der Waals surface area contributed by atoms with Crippen LogP contribution in [0.5, 0.6) is 0 Å². The van der Waals surface area contributed by atoms with E-state index in [9.17, 15) is 9.59 Å². The minimum Gasteiger partial charge on any atom is -0.336 e. The maximum absolute atomic E-state index is 11.8. The van der Waals surface area contributed by atoms with Crippen LogP contribution in [0.3, 0.4) is 0 Å². The number of amides is 1. The summed E-state index contributed by atoms with van der Waals surface area (Å²) in [6, 6.07) is 4.52. The number of carbonyl (C=O) groups is 1. The Morgan fingerprint density at radius 3 is 2.80 bits per heavy atom. The summed E-state index contributed by atoms with van der Waals surface area (Å²) in [7, 11) is 0. The monoisotopic (exact) mass is 209 g/mol. The summed E-state index contributed by atoms with van der Waals surface area (Å²) in [5, 5.41) is 0. The Morgan fingerprint density at radius 1 is 1.53 bits per heavy atom. The minimum absolute atomic E-state index is 0.194. The van der Waals surface area contributed by atoms with E-state index in [1.165, 1.54) is 6.07 Å². The number of carbonyl (C=O) groups excluding carboxylic acids is 1. The zero-order valence-corrected chi connectivity index (χ0v) is 8.69. The molecule has 0 aliphatic carbocycles. The van der Waals surface area contributed by atoms with Gasteiger partial charge in [-0.1, -0.05) is 6.07 Å². The number of likely N-dealkylation sites (N-methyl/N-ethyl adjacent to an activating group) is 1. The first-order valence-electron chi connectivity index (χ1n) is 4.87. The van der Waals surface area contributed by atoms with E-state index in [4.69, 9.17) is 5.73 Å². The van der Waals surface area contributed by atoms with Crippen LogP contribution in [0.1, 0.15) is 17.4 Å². The van der Waals surface area contributed by atoms with Gasteiger partial charge in [0, 0.05) is 25.7 Å². The number of nitrogens with zero attached hydrogens (tertiary/aromatic N) is 1. The van der Waals surface area contributed by atoms with Crippen LogP contribution in [0.25, 0.3) is 0 Å². The van der Waals surface area contributed by atoms with E-state index in [-0.39, 0.29) is 11.5 Å². The molecule has 1 amide bonds. The number of aromatic nitrogens is 1. The van der Waals surface area contributed by atoms with Gasteiger partial charge >= 0.3 is 0 Å². The van der Waals surface area contributed by atoms with Gasteiger partial charge in [0.05, 0.1) is 0 Å². The molecule has 0 saturated heterocycles. The van der Waals surface area contributed by atoms with Crippen LogP contribution in [-0.2, 0) is 0 Å². The molecule has 0 saturated carbocycles. The van der Waals surface area contributed by atoms with Crippen molar-refractivity contribution in [3.63, 3.8) is 0 Å². The molecule has 0 aliphatic heterocycles. The second kappa shape index (κ2) is 5.31. The summed E-state index contributed by atoms with van der Waals surface area (Å²) in [6.45, 7) is 3.35. The maximum Gasteiger partial charge on any atom is 0.270 e. The third-order valence-corrected chi connectivity index (χ3v) is 2.07. The van der Waals surface area contributed by atoms with Gasteiger partial charge in [0.2, 0.25) is 5.56 Å². The molecule has 5 nitrogen and oxygen atoms in total. The fourth-order valence-corrected chi connectivity index (χ4v) is 1.30. The third kappa shape index (κ3) is 2.92. The standard InChI is InChI=1S/C10H15N3O2/c1-2-13(7-6-11)10(15)8-4-3-5-9(14)12-8/h3-5H,2,6-7,11H2,1H3,(H,12,14). The van der Waals surface area contributed by atoms with Gasteiger partial charge in [-0.3, -0.25) is 9.59 Å². The lowest BCUT2D eigenvalue weighted by Crippen LogP contribution is -2.36. The Balaban J connectivity index is 2.87. The lowest BCUT2D eigenvalue weighted by atomic mass is 10.3. The molecule has 0 fully saturated rings. The van der Waals surface area contributed by atoms with E-state index in [1.807, 2.05) is 6.92 Å². The van der Waals surface area contributed by atoms with Crippen LogP contribution >= 0.6 is 0 Å². The predicted octanol–water partition coefficient (Wildman–Crippen LogP) is -0.204. The average Bonchev–Trinajstić information content (AvgIpc) is 2.25. The van der Waals surface area contributed by atoms with Crippen molar-refractivity contribution in [3.8, 4) is 0 Å². The Labute approximate surface area is 87.9 Å². The molecule has 3 N–H and O–H groups in total. The van der Waals surface area contributed by atoms with Gasteiger partial charge in [0.15, 0.2) is 0 Å². The van der Waals surface area contributed by atoms with Crippen molar-refractivity contribution < 1.29 is 4.79 Å². The zero-order chi connectivity index (χ0) is 11.3. The van der Waals surface area contributed by atoms with Gasteiger partial charge in [-0.05, 0) is 13.0 Å². The van der Waals surface area contributed by atoms with Crippen molar-refractivity contribution in [2.24, 2.45) is 5.73 Å². The van der Waals surface area contributed by atoms with Crippen molar-refractivity contribution in [2.45, 2.75) is 6.92 Å². The molecule has 1 aromatic heterocycles. The van der Waals surface area contributed by atoms with Crippen molar-refractivity contribution in [1.82, 2.24) is 9.88 Å². The highest BCUT2D eigenvalue weighted by molar-refractivity contribution is 5.92. The molecule has 0 aromatic carbocycles. The van der Waals surface area contributed by atoms with Gasteiger partial charge in [-0.2, -0.15) is 0 Å². The minimum atomic E-state index is -0.273. The number of rotatable bonds is 4. The summed E-state index contributed by atoms with van der Waals surface area (Å²) in [4.78, 5) is 26.9. The molecule has 1 aromatic rings. The number of H-pyrrole nitrogens is 1. The van der Waals surface area contributed by atoms with E-state index >= 15 is 0 Å². The second-order valence-electron chi connectivity index (χ2n) is 3.10. The Bertz CT molecular complexity index is 386. The molecule has 1 rings (SSSR count). The highest BCUT2D eigenvalue weighted by Crippen LogP contribution is 1.98. The van der Waals surface area contributed by atoms with Crippen LogP contribution in [-0.4, -0.2) is 35.4 Å². The number of aromatic amines is 1. The quantitative estimate of drug-likeness (QED) is 0.720. The highest BCUT2D eigenvalue weighted by atomic mass is 16.2. The molecule has 0 bridgehead atoms. The smallest absolute Gasteiger partial charge is 0.270 e. The fourth-order valence-electron chi connectivity index (χ4n) is 1.30. The van der Waals surface area contributed by atoms with Crippen molar-refractivity contribution >= 4 is 5.91 Å². The Kier molecular flexibility index (Phi) is 4.05. The number of pyridine rings is 1. The van der Waals surface area contributed by atoms with E-state index in [0.29, 0.717) is 25.3 Å². The number of nitrogens with one attached hydrogen (secondary N) is 1. The SMILES string of the molecule is CCN(CCN)C(=O)c1cccc(=O)[nH]1. The van der Waals surface area contributed by atoms with Gasteiger partial charge in [-0.25, -0.2) is 0 Å². The first kappa shape index (κ1) is 11.5. The van der Waals surface area contributed by atoms with E-state index in [0.717, 1.165) is 0 Å². The lowest BCUT2D eigenvalue weighted by Gasteiger charge is -2.19. The number of hydrogen-bond acceptors (Lipinski definition) is 3. The molecule has 1 heterocycles. The second-order valence-corrected chi connectivity index (χ2v) is 3.10. The average molecular weight is 209 g/mol. The van der Waals surface area contributed by atoms with Gasteiger partial charge < -0.3 is 15.6 Å². The van der Waals surface area contributed by atoms with E-state index < -0.39 is 0 Å². The Hall–Kier alpha value is -1.62. The summed E-state index contributed by atoms with van der Waals surface area (Å²) in [6.07, 6.45) is 0. The fraction of sp³-hybridized carbons (Fsp3) is 0.400. The van der Waals surface area contributed by atoms with Gasteiger partial charge in [-0.15, -0.1) is 0 Å². The first-order valence-corrected chi connectivity index (χ1v) is 4.87. The highest BCUT2D eigenvalue weighted by Gasteiger charge is 2.13. The van der Waals surface area contributed by atoms with Crippen LogP contribution in [0.2, 0.25) is 0 Å². The topological polar surface area (TPSA) is 79.2 Å². The van der Waals surface area contributed by atoms with Gasteiger partial charge in [0.1, 0.15) is 5.69 Å². The number of hydrogen-bond donors (Lipinski definition) is 2. The normalized spacial score (nSPS) is 10.0. The van der Waals surface area contributed by atoms with Crippen molar-refractivity contribution in [3.05, 3.63) is 34.2 Å². The predicted molar refractivity (Wildman–Crippen MR) is 57.7 cm³/mol. The molecule has 0 spiro atoms. The van der Waals surface area contributed by atoms with Crippen LogP contribution in [0, 0.1) is 0 Å². The van der Waals surface area contributed by atoms with Crippen LogP contribution < -0.4 is 11.3 Å². The first-order chi connectivity index (χ1) is 7.19. The van der Waals surface area contributed by atoms with Gasteiger partial charge in [0.25, 0.3) is 5.91 Å². The Morgan fingerprint density at radius 2 is 2.27 bits per heavy atom. The summed E-state index contributed by atoms with van der Waals surface area (Å²) < 4.78 is 0. The molecule has 15 heavy (non-hydrogen) atoms. The maximum atomic E-state index is 11.8. The third-order valence-electron chi connectivity index (χ3n) is 2.07. The summed E-state index contributed by atoms with van der Waals surface area (Å²) in [5.74, 6) is -0.194. The summed E-state index contributed by atoms with van der Waals surface area (Å²) >= 11 is 0. The molecule has 0 aliphatic rings. The largest absolute Gasteiger partial charge is 0.336 e. The zero-order valence-electron chi connectivity index (χ0n) is 8.69. The molecule has 82 valence electrons. The molecular formula is C10H15N3O2. The van der Waals surface area contributed by atoms with Crippen LogP contribution in [0.15, 0.2) is 23.0 Å². The van der Waals surface area contributed by atoms with Crippen molar-refractivity contribution in [2.75, 3.05) is 19.6 Å². The molecule has 0 atom stereocenters. The molecular weight excluding hydrogens is 194 g/mol. The molecule has 0 radical (unpaired) electrons.